The number of hydrogen-bond donors (Lipinski definition) is 2. The number of aliphatic hydroxyl groups is 1. The molecule has 1 saturated carbocycles. The molecule has 1 heterocycles. The van der Waals surface area contributed by atoms with Gasteiger partial charge in [-0.3, -0.25) is 9.69 Å². The molecule has 1 aliphatic carbocycles. The van der Waals surface area contributed by atoms with Gasteiger partial charge in [-0.1, -0.05) is 39.5 Å². The second-order valence-electron chi connectivity index (χ2n) is 7.10. The first-order chi connectivity index (χ1) is 10.1. The molecule has 122 valence electrons. The molecule has 0 radical (unpaired) electrons. The molecule has 0 aromatic carbocycles. The molecule has 2 aliphatic rings. The van der Waals surface area contributed by atoms with Crippen LogP contribution in [0.2, 0.25) is 0 Å². The van der Waals surface area contributed by atoms with Crippen molar-refractivity contribution in [1.82, 2.24) is 10.2 Å². The van der Waals surface area contributed by atoms with E-state index in [4.69, 9.17) is 0 Å². The summed E-state index contributed by atoms with van der Waals surface area (Å²) in [6.07, 6.45) is 8.15. The zero-order valence-electron chi connectivity index (χ0n) is 13.7. The molecule has 0 bridgehead atoms. The maximum atomic E-state index is 12.4. The third-order valence-corrected chi connectivity index (χ3v) is 5.61. The van der Waals surface area contributed by atoms with Crippen molar-refractivity contribution in [3.63, 3.8) is 0 Å². The van der Waals surface area contributed by atoms with Gasteiger partial charge in [0.2, 0.25) is 5.91 Å². The van der Waals surface area contributed by atoms with Crippen molar-refractivity contribution in [2.24, 2.45) is 11.8 Å². The number of carbonyl (C=O) groups excluding carboxylic acids is 1. The fourth-order valence-electron chi connectivity index (χ4n) is 3.87. The number of nitrogens with zero attached hydrogens (tertiary/aromatic N) is 1. The number of carbonyl (C=O) groups is 1. The van der Waals surface area contributed by atoms with Gasteiger partial charge in [0.25, 0.3) is 0 Å². The fraction of sp³-hybridized carbons (Fsp3) is 0.941. The van der Waals surface area contributed by atoms with Gasteiger partial charge in [-0.25, -0.2) is 0 Å². The maximum Gasteiger partial charge on any atom is 0.234 e. The highest BCUT2D eigenvalue weighted by Crippen LogP contribution is 2.29. The van der Waals surface area contributed by atoms with Crippen LogP contribution in [0.4, 0.5) is 0 Å². The number of nitrogens with one attached hydrogen (secondary N) is 1. The van der Waals surface area contributed by atoms with E-state index in [9.17, 15) is 9.90 Å². The van der Waals surface area contributed by atoms with Crippen LogP contribution in [0, 0.1) is 11.8 Å². The quantitative estimate of drug-likeness (QED) is 0.836. The lowest BCUT2D eigenvalue weighted by atomic mass is 9.78. The van der Waals surface area contributed by atoms with Crippen molar-refractivity contribution >= 4 is 5.91 Å². The minimum Gasteiger partial charge on any atom is -0.395 e. The number of amides is 1. The Hall–Kier alpha value is -0.610. The summed E-state index contributed by atoms with van der Waals surface area (Å²) in [5.41, 5.74) is 0. The maximum absolute atomic E-state index is 12.4. The summed E-state index contributed by atoms with van der Waals surface area (Å²) in [5, 5.41) is 12.8. The van der Waals surface area contributed by atoms with Crippen molar-refractivity contribution in [2.45, 2.75) is 70.9 Å². The second kappa shape index (κ2) is 8.14. The van der Waals surface area contributed by atoms with E-state index < -0.39 is 0 Å². The Morgan fingerprint density at radius 1 is 1.14 bits per heavy atom. The molecular weight excluding hydrogens is 264 g/mol. The molecule has 2 rings (SSSR count). The molecule has 2 N–H and O–H groups in total. The average Bonchev–Trinajstić information content (AvgIpc) is 2.69. The minimum absolute atomic E-state index is 0.140. The summed E-state index contributed by atoms with van der Waals surface area (Å²) in [7, 11) is 0. The van der Waals surface area contributed by atoms with Crippen LogP contribution in [-0.4, -0.2) is 47.7 Å². The van der Waals surface area contributed by atoms with Gasteiger partial charge in [0.1, 0.15) is 0 Å². The van der Waals surface area contributed by atoms with E-state index in [0.717, 1.165) is 25.8 Å². The Kier molecular flexibility index (Phi) is 6.49. The summed E-state index contributed by atoms with van der Waals surface area (Å²) in [4.78, 5) is 14.6. The van der Waals surface area contributed by atoms with E-state index in [0.29, 0.717) is 24.4 Å². The lowest BCUT2D eigenvalue weighted by molar-refractivity contribution is -0.124. The van der Waals surface area contributed by atoms with Gasteiger partial charge in [-0.05, 0) is 37.6 Å². The Morgan fingerprint density at radius 3 is 2.71 bits per heavy atom. The third-order valence-electron chi connectivity index (χ3n) is 5.61. The minimum atomic E-state index is 0.140. The van der Waals surface area contributed by atoms with Crippen LogP contribution in [0.25, 0.3) is 0 Å². The first-order valence-electron chi connectivity index (χ1n) is 8.76. The zero-order chi connectivity index (χ0) is 15.2. The molecule has 2 fully saturated rings. The van der Waals surface area contributed by atoms with Gasteiger partial charge in [0.05, 0.1) is 13.2 Å². The molecule has 0 spiro atoms. The molecule has 1 aliphatic heterocycles. The topological polar surface area (TPSA) is 52.6 Å². The molecule has 1 amide bonds. The molecule has 4 unspecified atom stereocenters. The highest BCUT2D eigenvalue weighted by Gasteiger charge is 2.29. The van der Waals surface area contributed by atoms with Crippen LogP contribution in [0.1, 0.15) is 58.8 Å². The second-order valence-corrected chi connectivity index (χ2v) is 7.10. The molecule has 0 aromatic heterocycles. The van der Waals surface area contributed by atoms with Crippen LogP contribution >= 0.6 is 0 Å². The van der Waals surface area contributed by atoms with Crippen LogP contribution in [0.5, 0.6) is 0 Å². The Labute approximate surface area is 129 Å². The van der Waals surface area contributed by atoms with Crippen molar-refractivity contribution in [3.05, 3.63) is 0 Å². The lowest BCUT2D eigenvalue weighted by Gasteiger charge is -2.35. The molecular formula is C17H32N2O2. The number of rotatable bonds is 4. The summed E-state index contributed by atoms with van der Waals surface area (Å²) in [6.45, 7) is 6.11. The van der Waals surface area contributed by atoms with Crippen LogP contribution in [-0.2, 0) is 4.79 Å². The molecule has 1 saturated heterocycles. The van der Waals surface area contributed by atoms with Crippen molar-refractivity contribution < 1.29 is 9.90 Å². The van der Waals surface area contributed by atoms with Gasteiger partial charge in [-0.2, -0.15) is 0 Å². The lowest BCUT2D eigenvalue weighted by Crippen LogP contribution is -2.49. The normalized spacial score (nSPS) is 35.2. The van der Waals surface area contributed by atoms with Gasteiger partial charge in [-0.15, -0.1) is 0 Å². The van der Waals surface area contributed by atoms with Crippen molar-refractivity contribution in [3.8, 4) is 0 Å². The monoisotopic (exact) mass is 296 g/mol. The standard InChI is InChI=1S/C17H32N2O2/c1-13-7-6-9-16(14(13)2)18-17(21)11-19-10-5-3-4-8-15(19)12-20/h13-16,20H,3-12H2,1-2H3,(H,18,21). The zero-order valence-corrected chi connectivity index (χ0v) is 13.7. The number of likely N-dealkylation sites (tertiary alicyclic amines) is 1. The van der Waals surface area contributed by atoms with E-state index in [2.05, 4.69) is 24.1 Å². The van der Waals surface area contributed by atoms with Crippen LogP contribution < -0.4 is 5.32 Å². The van der Waals surface area contributed by atoms with Gasteiger partial charge in [0, 0.05) is 12.1 Å². The summed E-state index contributed by atoms with van der Waals surface area (Å²) in [5.74, 6) is 1.41. The third kappa shape index (κ3) is 4.68. The SMILES string of the molecule is CC1CCCC(NC(=O)CN2CCCCCC2CO)C1C. The molecule has 0 aromatic rings. The predicted octanol–water partition coefficient (Wildman–Crippen LogP) is 2.16. The first-order valence-corrected chi connectivity index (χ1v) is 8.76. The summed E-state index contributed by atoms with van der Waals surface area (Å²) in [6, 6.07) is 0.502. The van der Waals surface area contributed by atoms with Crippen molar-refractivity contribution in [2.75, 3.05) is 19.7 Å². The van der Waals surface area contributed by atoms with Crippen LogP contribution in [0.3, 0.4) is 0 Å². The van der Waals surface area contributed by atoms with E-state index in [1.54, 1.807) is 0 Å². The van der Waals surface area contributed by atoms with E-state index in [1.165, 1.54) is 25.7 Å². The Bertz CT molecular complexity index is 335. The first kappa shape index (κ1) is 16.8. The van der Waals surface area contributed by atoms with Gasteiger partial charge in [0.15, 0.2) is 0 Å². The molecule has 4 heteroatoms. The fourth-order valence-corrected chi connectivity index (χ4v) is 3.87. The van der Waals surface area contributed by atoms with E-state index in [-0.39, 0.29) is 18.6 Å². The van der Waals surface area contributed by atoms with Gasteiger partial charge >= 0.3 is 0 Å². The predicted molar refractivity (Wildman–Crippen MR) is 85.0 cm³/mol. The molecule has 4 atom stereocenters. The molecule has 4 nitrogen and oxygen atoms in total. The Balaban J connectivity index is 1.85. The van der Waals surface area contributed by atoms with Crippen molar-refractivity contribution in [1.29, 1.82) is 0 Å². The number of aliphatic hydroxyl groups excluding tert-OH is 1. The highest BCUT2D eigenvalue weighted by molar-refractivity contribution is 5.78. The van der Waals surface area contributed by atoms with E-state index in [1.807, 2.05) is 0 Å². The summed E-state index contributed by atoms with van der Waals surface area (Å²) < 4.78 is 0. The average molecular weight is 296 g/mol. The van der Waals surface area contributed by atoms with E-state index >= 15 is 0 Å². The van der Waals surface area contributed by atoms with Gasteiger partial charge < -0.3 is 10.4 Å². The van der Waals surface area contributed by atoms with Crippen LogP contribution in [0.15, 0.2) is 0 Å². The number of hydrogen-bond acceptors (Lipinski definition) is 3. The highest BCUT2D eigenvalue weighted by atomic mass is 16.3. The molecule has 21 heavy (non-hydrogen) atoms. The summed E-state index contributed by atoms with van der Waals surface area (Å²) >= 11 is 0. The largest absolute Gasteiger partial charge is 0.395 e. The smallest absolute Gasteiger partial charge is 0.234 e. The Morgan fingerprint density at radius 2 is 1.95 bits per heavy atom.